The SMILES string of the molecule is Cc1ccc(S(=O)(=O)NNc2ncnc(N)c2[N+](=O)[O-])cc1. The fourth-order valence-electron chi connectivity index (χ4n) is 1.56. The number of benzene rings is 1. The van der Waals surface area contributed by atoms with Crippen LogP contribution in [0.25, 0.3) is 0 Å². The fourth-order valence-corrected chi connectivity index (χ4v) is 2.40. The summed E-state index contributed by atoms with van der Waals surface area (Å²) >= 11 is 0. The minimum absolute atomic E-state index is 0.00437. The molecule has 4 N–H and O–H groups in total. The number of rotatable bonds is 5. The third-order valence-corrected chi connectivity index (χ3v) is 3.93. The first-order chi connectivity index (χ1) is 10.3. The minimum atomic E-state index is -3.92. The van der Waals surface area contributed by atoms with E-state index >= 15 is 0 Å². The second kappa shape index (κ2) is 5.91. The molecule has 0 amide bonds. The molecule has 0 spiro atoms. The van der Waals surface area contributed by atoms with E-state index in [-0.39, 0.29) is 16.5 Å². The van der Waals surface area contributed by atoms with Gasteiger partial charge in [-0.05, 0) is 19.1 Å². The molecule has 0 bridgehead atoms. The predicted molar refractivity (Wildman–Crippen MR) is 78.2 cm³/mol. The van der Waals surface area contributed by atoms with E-state index in [2.05, 4.69) is 15.4 Å². The van der Waals surface area contributed by atoms with Crippen LogP contribution in [-0.2, 0) is 10.0 Å². The lowest BCUT2D eigenvalue weighted by Gasteiger charge is -2.09. The van der Waals surface area contributed by atoms with E-state index in [0.29, 0.717) is 0 Å². The highest BCUT2D eigenvalue weighted by Crippen LogP contribution is 2.25. The van der Waals surface area contributed by atoms with Crippen LogP contribution in [0.15, 0.2) is 35.5 Å². The van der Waals surface area contributed by atoms with Crippen LogP contribution >= 0.6 is 0 Å². The second-order valence-corrected chi connectivity index (χ2v) is 5.94. The first-order valence-electron chi connectivity index (χ1n) is 5.90. The van der Waals surface area contributed by atoms with Crippen LogP contribution in [-0.4, -0.2) is 23.3 Å². The lowest BCUT2D eigenvalue weighted by atomic mass is 10.2. The molecule has 0 aliphatic carbocycles. The molecule has 116 valence electrons. The van der Waals surface area contributed by atoms with Crippen LogP contribution in [0.2, 0.25) is 0 Å². The average Bonchev–Trinajstić information content (AvgIpc) is 2.45. The molecule has 0 radical (unpaired) electrons. The zero-order valence-corrected chi connectivity index (χ0v) is 12.2. The van der Waals surface area contributed by atoms with Crippen molar-refractivity contribution in [3.05, 3.63) is 46.3 Å². The molecule has 1 aromatic heterocycles. The molecule has 0 fully saturated rings. The summed E-state index contributed by atoms with van der Waals surface area (Å²) in [5.41, 5.74) is 7.84. The Morgan fingerprint density at radius 3 is 2.45 bits per heavy atom. The van der Waals surface area contributed by atoms with E-state index < -0.39 is 20.6 Å². The number of aryl methyl sites for hydroxylation is 1. The summed E-state index contributed by atoms with van der Waals surface area (Å²) in [6.07, 6.45) is 0.977. The van der Waals surface area contributed by atoms with Crippen molar-refractivity contribution in [2.24, 2.45) is 0 Å². The number of nitrogen functional groups attached to an aromatic ring is 1. The number of hydrogen-bond acceptors (Lipinski definition) is 8. The predicted octanol–water partition coefficient (Wildman–Crippen LogP) is 0.581. The van der Waals surface area contributed by atoms with Crippen molar-refractivity contribution in [3.63, 3.8) is 0 Å². The monoisotopic (exact) mass is 324 g/mol. The Hall–Kier alpha value is -2.79. The number of sulfonamides is 1. The molecule has 10 nitrogen and oxygen atoms in total. The maximum absolute atomic E-state index is 12.1. The van der Waals surface area contributed by atoms with Gasteiger partial charge < -0.3 is 5.73 Å². The summed E-state index contributed by atoms with van der Waals surface area (Å²) in [7, 11) is -3.92. The van der Waals surface area contributed by atoms with Crippen molar-refractivity contribution in [1.29, 1.82) is 0 Å². The number of aromatic nitrogens is 2. The van der Waals surface area contributed by atoms with Gasteiger partial charge in [0, 0.05) is 0 Å². The van der Waals surface area contributed by atoms with Crippen LogP contribution in [0.5, 0.6) is 0 Å². The number of hydrazine groups is 1. The molecule has 0 aliphatic rings. The Labute approximate surface area is 125 Å². The number of nitro groups is 1. The van der Waals surface area contributed by atoms with Gasteiger partial charge in [0.1, 0.15) is 6.33 Å². The molecule has 0 saturated heterocycles. The van der Waals surface area contributed by atoms with Gasteiger partial charge in [0.05, 0.1) is 9.82 Å². The Bertz CT molecular complexity index is 806. The fraction of sp³-hybridized carbons (Fsp3) is 0.0909. The number of hydrogen-bond donors (Lipinski definition) is 3. The maximum Gasteiger partial charge on any atom is 0.354 e. The van der Waals surface area contributed by atoms with Crippen molar-refractivity contribution < 1.29 is 13.3 Å². The van der Waals surface area contributed by atoms with Crippen molar-refractivity contribution in [2.75, 3.05) is 11.2 Å². The van der Waals surface area contributed by atoms with Crippen LogP contribution in [0.1, 0.15) is 5.56 Å². The van der Waals surface area contributed by atoms with Gasteiger partial charge >= 0.3 is 5.69 Å². The summed E-state index contributed by atoms with van der Waals surface area (Å²) in [4.78, 5) is 19.2. The molecule has 2 aromatic rings. The molecule has 0 atom stereocenters. The maximum atomic E-state index is 12.1. The molecule has 0 aliphatic heterocycles. The van der Waals surface area contributed by atoms with Crippen LogP contribution in [0.3, 0.4) is 0 Å². The van der Waals surface area contributed by atoms with E-state index in [4.69, 9.17) is 5.73 Å². The van der Waals surface area contributed by atoms with E-state index in [1.54, 1.807) is 12.1 Å². The molecule has 1 heterocycles. The van der Waals surface area contributed by atoms with Gasteiger partial charge in [-0.1, -0.05) is 17.7 Å². The lowest BCUT2D eigenvalue weighted by Crippen LogP contribution is -2.30. The average molecular weight is 324 g/mol. The Balaban J connectivity index is 2.25. The highest BCUT2D eigenvalue weighted by Gasteiger charge is 2.22. The Morgan fingerprint density at radius 2 is 1.86 bits per heavy atom. The standard InChI is InChI=1S/C11H12N6O4S/c1-7-2-4-8(5-3-7)22(20,21)16-15-11-9(17(18)19)10(12)13-6-14-11/h2-6,16H,1H3,(H3,12,13,14,15). The molecule has 11 heteroatoms. The zero-order chi connectivity index (χ0) is 16.3. The van der Waals surface area contributed by atoms with Gasteiger partial charge in [0.2, 0.25) is 11.6 Å². The number of nitrogens with one attached hydrogen (secondary N) is 2. The third-order valence-electron chi connectivity index (χ3n) is 2.67. The summed E-state index contributed by atoms with van der Waals surface area (Å²) in [5.74, 6) is -0.731. The van der Waals surface area contributed by atoms with Gasteiger partial charge in [-0.15, -0.1) is 4.83 Å². The Morgan fingerprint density at radius 1 is 1.23 bits per heavy atom. The molecular weight excluding hydrogens is 312 g/mol. The quantitative estimate of drug-likeness (QED) is 0.533. The van der Waals surface area contributed by atoms with Gasteiger partial charge in [0.25, 0.3) is 10.0 Å². The van der Waals surface area contributed by atoms with Gasteiger partial charge in [-0.25, -0.2) is 18.4 Å². The highest BCUT2D eigenvalue weighted by molar-refractivity contribution is 7.89. The highest BCUT2D eigenvalue weighted by atomic mass is 32.2. The molecule has 0 unspecified atom stereocenters. The van der Waals surface area contributed by atoms with E-state index in [1.165, 1.54) is 12.1 Å². The second-order valence-electron chi connectivity index (χ2n) is 4.26. The number of nitrogens with two attached hydrogens (primary N) is 1. The van der Waals surface area contributed by atoms with E-state index in [1.807, 2.05) is 11.8 Å². The Kier molecular flexibility index (Phi) is 4.19. The first-order valence-corrected chi connectivity index (χ1v) is 7.39. The van der Waals surface area contributed by atoms with E-state index in [9.17, 15) is 18.5 Å². The minimum Gasteiger partial charge on any atom is -0.378 e. The largest absolute Gasteiger partial charge is 0.378 e. The van der Waals surface area contributed by atoms with Crippen LogP contribution < -0.4 is 16.0 Å². The molecule has 2 rings (SSSR count). The van der Waals surface area contributed by atoms with Gasteiger partial charge in [0.15, 0.2) is 0 Å². The zero-order valence-electron chi connectivity index (χ0n) is 11.3. The van der Waals surface area contributed by atoms with Crippen molar-refractivity contribution >= 4 is 27.3 Å². The van der Waals surface area contributed by atoms with Gasteiger partial charge in [-0.3, -0.25) is 15.5 Å². The first kappa shape index (κ1) is 15.6. The number of anilines is 2. The summed E-state index contributed by atoms with van der Waals surface area (Å²) in [5, 5.41) is 10.9. The molecular formula is C11H12N6O4S. The molecule has 22 heavy (non-hydrogen) atoms. The normalized spacial score (nSPS) is 11.1. The summed E-state index contributed by atoms with van der Waals surface area (Å²) < 4.78 is 24.1. The van der Waals surface area contributed by atoms with E-state index in [0.717, 1.165) is 11.9 Å². The number of nitrogens with zero attached hydrogens (tertiary/aromatic N) is 3. The van der Waals surface area contributed by atoms with Crippen LogP contribution in [0, 0.1) is 17.0 Å². The summed E-state index contributed by atoms with van der Waals surface area (Å²) in [6.45, 7) is 1.81. The molecule has 1 aromatic carbocycles. The third kappa shape index (κ3) is 3.27. The van der Waals surface area contributed by atoms with Crippen molar-refractivity contribution in [2.45, 2.75) is 11.8 Å². The van der Waals surface area contributed by atoms with Crippen molar-refractivity contribution in [1.82, 2.24) is 14.8 Å². The topological polar surface area (TPSA) is 153 Å². The smallest absolute Gasteiger partial charge is 0.354 e. The van der Waals surface area contributed by atoms with Crippen molar-refractivity contribution in [3.8, 4) is 0 Å². The summed E-state index contributed by atoms with van der Waals surface area (Å²) in [6, 6.07) is 6.06. The molecule has 0 saturated carbocycles. The van der Waals surface area contributed by atoms with Crippen LogP contribution in [0.4, 0.5) is 17.3 Å². The lowest BCUT2D eigenvalue weighted by molar-refractivity contribution is -0.383. The van der Waals surface area contributed by atoms with Gasteiger partial charge in [-0.2, -0.15) is 0 Å².